The van der Waals surface area contributed by atoms with Crippen LogP contribution in [-0.4, -0.2) is 35.5 Å². The van der Waals surface area contributed by atoms with E-state index in [9.17, 15) is 22.8 Å². The van der Waals surface area contributed by atoms with E-state index in [1.54, 1.807) is 36.9 Å². The van der Waals surface area contributed by atoms with E-state index < -0.39 is 24.0 Å². The molecule has 0 bridgehead atoms. The fraction of sp³-hybridized carbons (Fsp3) is 0.391. The Labute approximate surface area is 204 Å². The molecule has 0 aromatic heterocycles. The summed E-state index contributed by atoms with van der Waals surface area (Å²) in [6, 6.07) is 9.29. The van der Waals surface area contributed by atoms with Crippen molar-refractivity contribution >= 4 is 51.9 Å². The van der Waals surface area contributed by atoms with Crippen LogP contribution in [0.15, 0.2) is 36.4 Å². The van der Waals surface area contributed by atoms with Gasteiger partial charge in [0.1, 0.15) is 0 Å². The first kappa shape index (κ1) is 26.5. The molecule has 0 unspecified atom stereocenters. The van der Waals surface area contributed by atoms with Crippen LogP contribution in [0.3, 0.4) is 0 Å². The lowest BCUT2D eigenvalue weighted by Crippen LogP contribution is -2.46. The van der Waals surface area contributed by atoms with Crippen LogP contribution in [0.1, 0.15) is 52.6 Å². The summed E-state index contributed by atoms with van der Waals surface area (Å²) < 4.78 is 38.8. The summed E-state index contributed by atoms with van der Waals surface area (Å²) in [6.45, 7) is 5.63. The highest BCUT2D eigenvalue weighted by Crippen LogP contribution is 2.26. The monoisotopic (exact) mass is 578 g/mol. The quantitative estimate of drug-likeness (QED) is 0.374. The van der Waals surface area contributed by atoms with Crippen LogP contribution in [0, 0.1) is 3.57 Å². The number of rotatable bonds is 8. The topological polar surface area (TPSA) is 58.2 Å². The predicted molar refractivity (Wildman–Crippen MR) is 133 cm³/mol. The maximum absolute atomic E-state index is 13.1. The molecule has 0 fully saturated rings. The number of carbonyl (C=O) groups excluding carboxylic acids is 2. The Balaban J connectivity index is 2.33. The molecular formula is C23H26F3IN2O2S. The van der Waals surface area contributed by atoms with Gasteiger partial charge in [0.25, 0.3) is 11.8 Å². The third-order valence-electron chi connectivity index (χ3n) is 4.65. The van der Waals surface area contributed by atoms with E-state index in [1.165, 1.54) is 18.2 Å². The number of halogens is 4. The van der Waals surface area contributed by atoms with Gasteiger partial charge in [-0.2, -0.15) is 24.9 Å². The number of benzene rings is 2. The van der Waals surface area contributed by atoms with Crippen molar-refractivity contribution in [2.24, 2.45) is 0 Å². The molecule has 174 valence electrons. The van der Waals surface area contributed by atoms with Crippen molar-refractivity contribution in [3.05, 3.63) is 62.2 Å². The molecule has 2 rings (SSSR count). The smallest absolute Gasteiger partial charge is 0.346 e. The lowest BCUT2D eigenvalue weighted by Gasteiger charge is -2.26. The van der Waals surface area contributed by atoms with Gasteiger partial charge >= 0.3 is 6.18 Å². The first-order valence-corrected chi connectivity index (χ1v) is 12.4. The molecule has 0 aliphatic rings. The molecule has 2 amide bonds. The summed E-state index contributed by atoms with van der Waals surface area (Å²) in [6.07, 6.45) is -2.93. The number of anilines is 1. The summed E-state index contributed by atoms with van der Waals surface area (Å²) >= 11 is 3.62. The highest BCUT2D eigenvalue weighted by molar-refractivity contribution is 14.1. The van der Waals surface area contributed by atoms with Crippen molar-refractivity contribution in [3.8, 4) is 0 Å². The molecule has 0 atom stereocenters. The molecule has 0 heterocycles. The van der Waals surface area contributed by atoms with Crippen LogP contribution in [0.2, 0.25) is 0 Å². The van der Waals surface area contributed by atoms with E-state index in [0.717, 1.165) is 0 Å². The maximum Gasteiger partial charge on any atom is 0.393 e. The predicted octanol–water partition coefficient (Wildman–Crippen LogP) is 6.08. The van der Waals surface area contributed by atoms with E-state index in [4.69, 9.17) is 0 Å². The summed E-state index contributed by atoms with van der Waals surface area (Å²) in [5, 5.41) is 5.74. The zero-order chi connectivity index (χ0) is 24.1. The Bertz CT molecular complexity index is 994. The zero-order valence-corrected chi connectivity index (χ0v) is 21.3. The van der Waals surface area contributed by atoms with Gasteiger partial charge in [0.05, 0.1) is 17.5 Å². The lowest BCUT2D eigenvalue weighted by atomic mass is 10.0. The number of alkyl halides is 3. The Morgan fingerprint density at radius 2 is 1.78 bits per heavy atom. The van der Waals surface area contributed by atoms with Gasteiger partial charge in [-0.3, -0.25) is 9.59 Å². The second-order valence-corrected chi connectivity index (χ2v) is 10.1. The van der Waals surface area contributed by atoms with Gasteiger partial charge in [0.15, 0.2) is 0 Å². The number of hydrogen-bond acceptors (Lipinski definition) is 3. The Morgan fingerprint density at radius 3 is 2.38 bits per heavy atom. The maximum atomic E-state index is 13.1. The highest BCUT2D eigenvalue weighted by Gasteiger charge is 2.28. The third-order valence-corrected chi connectivity index (χ3v) is 6.56. The lowest BCUT2D eigenvalue weighted by molar-refractivity contribution is -0.127. The van der Waals surface area contributed by atoms with E-state index >= 15 is 0 Å². The van der Waals surface area contributed by atoms with Crippen LogP contribution in [0.25, 0.3) is 0 Å². The van der Waals surface area contributed by atoms with Crippen molar-refractivity contribution in [1.82, 2.24) is 5.32 Å². The van der Waals surface area contributed by atoms with Crippen molar-refractivity contribution in [2.75, 3.05) is 17.3 Å². The molecule has 2 aromatic carbocycles. The largest absolute Gasteiger partial charge is 0.393 e. The normalized spacial score (nSPS) is 11.9. The first-order valence-electron chi connectivity index (χ1n) is 9.96. The molecule has 0 aliphatic carbocycles. The molecule has 2 aromatic rings. The minimum atomic E-state index is -4.30. The standard InChI is InChI=1S/C23H26F3IN2O2S/c1-5-15-11-14(12-23(24,25)26)9-10-18(15)28-20(30)16-7-6-8-17(27)19(16)21(31)29-22(2,3)13-32-4/h6-11H,5,12-13H2,1-4H3,(H,28,30)(H,29,31). The molecule has 4 nitrogen and oxygen atoms in total. The second kappa shape index (κ2) is 10.9. The molecule has 0 radical (unpaired) electrons. The van der Waals surface area contributed by atoms with Crippen LogP contribution >= 0.6 is 34.4 Å². The minimum Gasteiger partial charge on any atom is -0.346 e. The third kappa shape index (κ3) is 7.40. The number of amides is 2. The van der Waals surface area contributed by atoms with E-state index in [2.05, 4.69) is 10.6 Å². The van der Waals surface area contributed by atoms with Crippen molar-refractivity contribution < 1.29 is 22.8 Å². The zero-order valence-electron chi connectivity index (χ0n) is 18.3. The fourth-order valence-corrected chi connectivity index (χ4v) is 4.84. The number of nitrogens with one attached hydrogen (secondary N) is 2. The van der Waals surface area contributed by atoms with Crippen LogP contribution in [0.4, 0.5) is 18.9 Å². The SMILES string of the molecule is CCc1cc(CC(F)(F)F)ccc1NC(=O)c1cccc(I)c1C(=O)NC(C)(C)CSC. The van der Waals surface area contributed by atoms with Gasteiger partial charge in [-0.1, -0.05) is 25.1 Å². The summed E-state index contributed by atoms with van der Waals surface area (Å²) in [7, 11) is 0. The highest BCUT2D eigenvalue weighted by atomic mass is 127. The molecule has 2 N–H and O–H groups in total. The molecular weight excluding hydrogens is 552 g/mol. The molecule has 0 aliphatic heterocycles. The Morgan fingerprint density at radius 1 is 1.09 bits per heavy atom. The number of aryl methyl sites for hydroxylation is 1. The molecule has 0 saturated carbocycles. The number of hydrogen-bond donors (Lipinski definition) is 2. The van der Waals surface area contributed by atoms with Crippen LogP contribution < -0.4 is 10.6 Å². The summed E-state index contributed by atoms with van der Waals surface area (Å²) in [4.78, 5) is 26.1. The minimum absolute atomic E-state index is 0.137. The van der Waals surface area contributed by atoms with Crippen LogP contribution in [-0.2, 0) is 12.8 Å². The van der Waals surface area contributed by atoms with Gasteiger partial charge in [0, 0.05) is 20.5 Å². The van der Waals surface area contributed by atoms with Crippen molar-refractivity contribution in [3.63, 3.8) is 0 Å². The van der Waals surface area contributed by atoms with Crippen molar-refractivity contribution in [2.45, 2.75) is 45.3 Å². The number of carbonyl (C=O) groups is 2. The molecule has 0 spiro atoms. The molecule has 32 heavy (non-hydrogen) atoms. The van der Waals surface area contributed by atoms with Gasteiger partial charge in [-0.25, -0.2) is 0 Å². The van der Waals surface area contributed by atoms with Gasteiger partial charge < -0.3 is 10.6 Å². The van der Waals surface area contributed by atoms with Crippen molar-refractivity contribution in [1.29, 1.82) is 0 Å². The Kier molecular flexibility index (Phi) is 9.04. The van der Waals surface area contributed by atoms with Crippen LogP contribution in [0.5, 0.6) is 0 Å². The molecule has 0 saturated heterocycles. The van der Waals surface area contributed by atoms with Gasteiger partial charge in [0.2, 0.25) is 0 Å². The first-order chi connectivity index (χ1) is 14.9. The summed E-state index contributed by atoms with van der Waals surface area (Å²) in [5.41, 5.74) is 1.17. The molecule has 9 heteroatoms. The average molecular weight is 578 g/mol. The Hall–Kier alpha value is -1.75. The summed E-state index contributed by atoms with van der Waals surface area (Å²) in [5.74, 6) is -0.140. The van der Waals surface area contributed by atoms with Gasteiger partial charge in [-0.15, -0.1) is 0 Å². The van der Waals surface area contributed by atoms with E-state index in [-0.39, 0.29) is 22.6 Å². The van der Waals surface area contributed by atoms with Gasteiger partial charge in [-0.05, 0) is 78.4 Å². The van der Waals surface area contributed by atoms with E-state index in [0.29, 0.717) is 27.0 Å². The second-order valence-electron chi connectivity index (χ2n) is 8.02. The fourth-order valence-electron chi connectivity index (χ4n) is 3.30. The van der Waals surface area contributed by atoms with E-state index in [1.807, 2.05) is 42.7 Å². The average Bonchev–Trinajstić information content (AvgIpc) is 2.67. The number of thioether (sulfide) groups is 1.